The number of hydrogen-bond acceptors (Lipinski definition) is 14. The summed E-state index contributed by atoms with van der Waals surface area (Å²) < 4.78 is 59.3. The van der Waals surface area contributed by atoms with E-state index in [0.717, 1.165) is 109 Å². The highest BCUT2D eigenvalue weighted by Crippen LogP contribution is 2.46. The molecule has 0 aliphatic carbocycles. The highest BCUT2D eigenvalue weighted by atomic mass is 19.4. The summed E-state index contributed by atoms with van der Waals surface area (Å²) in [5.74, 6) is -4.65. The first kappa shape index (κ1) is 53.9. The number of nitrogens with two attached hydrogens (primary N) is 2. The molecular weight excluding hydrogens is 866 g/mol. The van der Waals surface area contributed by atoms with Gasteiger partial charge in [-0.05, 0) is 77.8 Å². The Labute approximate surface area is 388 Å². The maximum Gasteiger partial charge on any atom is 0.430 e. The van der Waals surface area contributed by atoms with Gasteiger partial charge in [-0.25, -0.2) is 10.6 Å². The van der Waals surface area contributed by atoms with E-state index >= 15 is 0 Å². The summed E-state index contributed by atoms with van der Waals surface area (Å²) in [5.41, 5.74) is 10.1. The van der Waals surface area contributed by atoms with Gasteiger partial charge in [-0.1, -0.05) is 89.7 Å². The van der Waals surface area contributed by atoms with Gasteiger partial charge in [0, 0.05) is 32.2 Å². The molecule has 0 bridgehead atoms. The van der Waals surface area contributed by atoms with Gasteiger partial charge in [-0.2, -0.15) is 13.2 Å². The van der Waals surface area contributed by atoms with Crippen LogP contribution in [0.5, 0.6) is 0 Å². The lowest BCUT2D eigenvalue weighted by Crippen LogP contribution is -2.76. The first-order chi connectivity index (χ1) is 31.5. The molecule has 16 nitrogen and oxygen atoms in total. The number of halogens is 3. The summed E-state index contributed by atoms with van der Waals surface area (Å²) in [6.07, 6.45) is 20.3. The first-order valence-electron chi connectivity index (χ1n) is 25.0. The fraction of sp³-hybridized carbons (Fsp3) is 0.872. The van der Waals surface area contributed by atoms with Crippen molar-refractivity contribution in [1.29, 1.82) is 0 Å². The van der Waals surface area contributed by atoms with Crippen molar-refractivity contribution in [2.75, 3.05) is 26.2 Å². The molecule has 6 aliphatic rings. The van der Waals surface area contributed by atoms with Gasteiger partial charge in [0.2, 0.25) is 11.5 Å². The van der Waals surface area contributed by atoms with Crippen molar-refractivity contribution in [1.82, 2.24) is 15.5 Å². The molecule has 8 N–H and O–H groups in total. The smallest absolute Gasteiger partial charge is 0.430 e. The minimum absolute atomic E-state index is 0.0507. The van der Waals surface area contributed by atoms with E-state index in [1.54, 1.807) is 0 Å². The Morgan fingerprint density at radius 3 is 2.18 bits per heavy atom. The number of carboxylic acid groups (broad SMARTS) is 1. The normalized spacial score (nSPS) is 32.9. The zero-order chi connectivity index (χ0) is 48.0. The van der Waals surface area contributed by atoms with Crippen molar-refractivity contribution in [2.24, 2.45) is 17.4 Å². The maximum atomic E-state index is 14.1. The molecule has 4 saturated heterocycles. The molecule has 10 atom stereocenters. The molecule has 0 saturated carbocycles. The highest BCUT2D eigenvalue weighted by Gasteiger charge is 2.65. The molecule has 2 spiro atoms. The van der Waals surface area contributed by atoms with Crippen LogP contribution >= 0.6 is 0 Å². The summed E-state index contributed by atoms with van der Waals surface area (Å²) in [6.45, 7) is 5.55. The monoisotopic (exact) mass is 945 g/mol. The van der Waals surface area contributed by atoms with Gasteiger partial charge in [0.15, 0.2) is 17.9 Å². The number of guanidine groups is 1. The number of alkyl halides is 3. The number of ether oxygens (including phenoxy) is 4. The Morgan fingerprint density at radius 2 is 1.58 bits per heavy atom. The number of hydrogen-bond donors (Lipinski definition) is 6. The zero-order valence-corrected chi connectivity index (χ0v) is 39.3. The van der Waals surface area contributed by atoms with Crippen LogP contribution < -0.4 is 27.2 Å². The molecular formula is C47H79F3N6O10. The molecule has 0 aromatic heterocycles. The fourth-order valence-electron chi connectivity index (χ4n) is 10.9. The standard InChI is InChI=1S/C45H78N6O8.C2HF3O2/c1-3-4-20-35-24-26-43(58-35)32-34-22-23-36-38(44(25-17-19-33(2)57-44)49-42(48-43)51(34)36)40(53)56-31-16-14-12-10-8-6-5-7-9-11-13-15-21-37-39(52)50(30-18-28-46)41(54)45(55,59-37)27-29-47;3-2(4,5)1(6)7/h4,20,33-38,41,54-55H,3,5-19,21-32,46-47H2,1-2H3,(H,48,49);(H,6,7)/b20-4+;/t33-,34+,35+,36-,37-,38-,41-,43+,44-,45+;/m0./s1. The number of rotatable bonds is 23. The SMILES string of the molecule is CC/C=C/[C@@H]1CC[C@]2(C[C@H]3CC[C@H]4[C@@H](C(=O)OCCCCCCCCCCCCCC[C@@H]5O[C@](O)(CCN)[C@H](O)N(CCCN)C5=O)[C@@]5(CCC[C@H](C)O5)NC(=[N+]34)N2)O1.O=C([O-])C(F)(F)F. The van der Waals surface area contributed by atoms with E-state index in [9.17, 15) is 33.0 Å². The summed E-state index contributed by atoms with van der Waals surface area (Å²) in [7, 11) is 0. The van der Waals surface area contributed by atoms with E-state index in [1.807, 2.05) is 0 Å². The fourth-order valence-corrected chi connectivity index (χ4v) is 10.9. The molecule has 6 heterocycles. The van der Waals surface area contributed by atoms with Crippen molar-refractivity contribution < 1.29 is 66.4 Å². The zero-order valence-electron chi connectivity index (χ0n) is 39.3. The van der Waals surface area contributed by atoms with Gasteiger partial charge < -0.3 is 55.4 Å². The Morgan fingerprint density at radius 1 is 0.924 bits per heavy atom. The third-order valence-corrected chi connectivity index (χ3v) is 14.1. The summed E-state index contributed by atoms with van der Waals surface area (Å²) in [4.78, 5) is 37.1. The summed E-state index contributed by atoms with van der Waals surface area (Å²) in [6, 6.07) is 0.380. The topological polar surface area (TPSA) is 234 Å². The number of unbranched alkanes of at least 4 members (excludes halogenated alkanes) is 11. The van der Waals surface area contributed by atoms with Crippen LogP contribution in [0.15, 0.2) is 12.2 Å². The average Bonchev–Trinajstić information content (AvgIpc) is 3.86. The van der Waals surface area contributed by atoms with Gasteiger partial charge in [0.25, 0.3) is 5.91 Å². The number of carbonyl (C=O) groups excluding carboxylic acids is 3. The number of morpholine rings is 1. The lowest BCUT2D eigenvalue weighted by atomic mass is 9.80. The molecule has 0 radical (unpaired) electrons. The van der Waals surface area contributed by atoms with Gasteiger partial charge >= 0.3 is 18.1 Å². The van der Waals surface area contributed by atoms with Gasteiger partial charge in [-0.3, -0.25) is 14.2 Å². The van der Waals surface area contributed by atoms with Crippen LogP contribution in [0.25, 0.3) is 0 Å². The predicted molar refractivity (Wildman–Crippen MR) is 237 cm³/mol. The van der Waals surface area contributed by atoms with Crippen molar-refractivity contribution in [3.63, 3.8) is 0 Å². The number of amides is 1. The molecule has 6 rings (SSSR count). The van der Waals surface area contributed by atoms with E-state index in [2.05, 4.69) is 41.2 Å². The molecule has 6 aliphatic heterocycles. The third-order valence-electron chi connectivity index (χ3n) is 14.1. The molecule has 378 valence electrons. The minimum atomic E-state index is -5.19. The van der Waals surface area contributed by atoms with Crippen LogP contribution in [0.3, 0.4) is 0 Å². The average molecular weight is 945 g/mol. The van der Waals surface area contributed by atoms with Gasteiger partial charge in [0.1, 0.15) is 12.1 Å². The van der Waals surface area contributed by atoms with E-state index in [4.69, 9.17) is 40.3 Å². The second-order valence-corrected chi connectivity index (χ2v) is 19.2. The number of aliphatic carboxylic acids is 1. The number of nitrogens with zero attached hydrogens (tertiary/aromatic N) is 2. The number of nitrogens with one attached hydrogen (secondary N) is 2. The maximum absolute atomic E-state index is 14.1. The number of carboxylic acids is 1. The molecule has 0 aromatic rings. The largest absolute Gasteiger partial charge is 0.542 e. The molecule has 66 heavy (non-hydrogen) atoms. The Balaban J connectivity index is 0.00000108. The van der Waals surface area contributed by atoms with E-state index in [0.29, 0.717) is 32.0 Å². The second-order valence-electron chi connectivity index (χ2n) is 19.2. The number of carbonyl (C=O) groups is 3. The van der Waals surface area contributed by atoms with Crippen molar-refractivity contribution >= 4 is 23.8 Å². The van der Waals surface area contributed by atoms with Crippen LogP contribution in [-0.4, -0.2) is 130 Å². The lowest BCUT2D eigenvalue weighted by Gasteiger charge is -2.49. The number of aliphatic hydroxyl groups excluding tert-OH is 1. The molecule has 1 amide bonds. The number of aliphatic hydroxyl groups is 2. The summed E-state index contributed by atoms with van der Waals surface area (Å²) in [5, 5.41) is 37.9. The van der Waals surface area contributed by atoms with Gasteiger partial charge in [0.05, 0.1) is 30.9 Å². The van der Waals surface area contributed by atoms with E-state index in [1.165, 1.54) is 37.0 Å². The highest BCUT2D eigenvalue weighted by molar-refractivity contribution is 5.83. The number of esters is 1. The minimum Gasteiger partial charge on any atom is -0.542 e. The van der Waals surface area contributed by atoms with Crippen LogP contribution in [0.4, 0.5) is 13.2 Å². The summed E-state index contributed by atoms with van der Waals surface area (Å²) >= 11 is 0. The van der Waals surface area contributed by atoms with Crippen molar-refractivity contribution in [2.45, 2.75) is 228 Å². The Bertz CT molecular complexity index is 1640. The van der Waals surface area contributed by atoms with Gasteiger partial charge in [-0.15, -0.1) is 0 Å². The Hall–Kier alpha value is -3.07. The van der Waals surface area contributed by atoms with Crippen LogP contribution in [0.1, 0.15) is 168 Å². The van der Waals surface area contributed by atoms with Crippen LogP contribution in [-0.2, 0) is 33.3 Å². The first-order valence-corrected chi connectivity index (χ1v) is 25.0. The second kappa shape index (κ2) is 25.0. The molecule has 4 fully saturated rings. The molecule has 19 heteroatoms. The lowest BCUT2D eigenvalue weighted by molar-refractivity contribution is -0.608. The molecule has 0 aromatic carbocycles. The third kappa shape index (κ3) is 14.0. The van der Waals surface area contributed by atoms with Crippen molar-refractivity contribution in [3.8, 4) is 0 Å². The van der Waals surface area contributed by atoms with E-state index < -0.39 is 36.0 Å². The number of allylic oxidation sites excluding steroid dienone is 1. The Kier molecular flexibility index (Phi) is 20.4. The van der Waals surface area contributed by atoms with E-state index in [-0.39, 0.29) is 61.3 Å². The predicted octanol–water partition coefficient (Wildman–Crippen LogP) is 4.07. The molecule has 0 unspecified atom stereocenters. The van der Waals surface area contributed by atoms with Crippen LogP contribution in [0, 0.1) is 5.92 Å². The van der Waals surface area contributed by atoms with Crippen LogP contribution in [0.2, 0.25) is 0 Å². The van der Waals surface area contributed by atoms with Crippen molar-refractivity contribution in [3.05, 3.63) is 12.2 Å². The quantitative estimate of drug-likeness (QED) is 0.0367.